The van der Waals surface area contributed by atoms with Gasteiger partial charge in [-0.2, -0.15) is 5.10 Å². The number of halogens is 2. The first-order valence-electron chi connectivity index (χ1n) is 9.33. The summed E-state index contributed by atoms with van der Waals surface area (Å²) in [5, 5.41) is 13.4. The van der Waals surface area contributed by atoms with Crippen LogP contribution in [-0.2, 0) is 13.5 Å². The zero-order valence-corrected chi connectivity index (χ0v) is 16.4. The van der Waals surface area contributed by atoms with Gasteiger partial charge in [0, 0.05) is 37.6 Å². The summed E-state index contributed by atoms with van der Waals surface area (Å²) >= 11 is 0. The minimum absolute atomic E-state index is 0.0980. The number of benzene rings is 2. The summed E-state index contributed by atoms with van der Waals surface area (Å²) in [5.74, 6) is -2.33. The number of carbonyl (C=O) groups excluding carboxylic acids is 1. The lowest BCUT2D eigenvalue weighted by atomic mass is 9.99. The van der Waals surface area contributed by atoms with E-state index in [1.54, 1.807) is 34.9 Å². The van der Waals surface area contributed by atoms with Crippen molar-refractivity contribution < 1.29 is 18.7 Å². The van der Waals surface area contributed by atoms with E-state index in [4.69, 9.17) is 0 Å². The van der Waals surface area contributed by atoms with Crippen molar-refractivity contribution >= 4 is 5.78 Å². The van der Waals surface area contributed by atoms with Crippen molar-refractivity contribution in [3.05, 3.63) is 100 Å². The molecular formula is C23H17F2N3O3. The van der Waals surface area contributed by atoms with Gasteiger partial charge in [0.25, 0.3) is 0 Å². The highest BCUT2D eigenvalue weighted by atomic mass is 19.1. The maximum Gasteiger partial charge on any atom is 0.200 e. The fourth-order valence-electron chi connectivity index (χ4n) is 3.24. The quantitative estimate of drug-likeness (QED) is 0.499. The SMILES string of the molecule is Cn1cc(-n2cc(C(=O)Cc3ccc(O)c(F)c3)c(=O)c(-c3ccc(F)cc3)c2)cn1. The van der Waals surface area contributed by atoms with Crippen molar-refractivity contribution in [2.75, 3.05) is 0 Å². The van der Waals surface area contributed by atoms with E-state index in [1.807, 2.05) is 0 Å². The van der Waals surface area contributed by atoms with Crippen molar-refractivity contribution in [3.8, 4) is 22.6 Å². The molecule has 0 aliphatic carbocycles. The highest BCUT2D eigenvalue weighted by molar-refractivity contribution is 5.98. The fraction of sp³-hybridized carbons (Fsp3) is 0.0870. The summed E-state index contributed by atoms with van der Waals surface area (Å²) in [5.41, 5.74) is 0.992. The molecule has 8 heteroatoms. The number of carbonyl (C=O) groups is 1. The normalized spacial score (nSPS) is 10.9. The number of phenolic OH excluding ortho intramolecular Hbond substituents is 1. The fourth-order valence-corrected chi connectivity index (χ4v) is 3.24. The largest absolute Gasteiger partial charge is 0.505 e. The van der Waals surface area contributed by atoms with Gasteiger partial charge in [-0.3, -0.25) is 14.3 Å². The van der Waals surface area contributed by atoms with Crippen LogP contribution in [0, 0.1) is 11.6 Å². The average Bonchev–Trinajstić information content (AvgIpc) is 3.18. The third-order valence-electron chi connectivity index (χ3n) is 4.85. The molecule has 0 fully saturated rings. The van der Waals surface area contributed by atoms with E-state index in [9.17, 15) is 23.5 Å². The Bertz CT molecular complexity index is 1340. The Labute approximate surface area is 175 Å². The molecule has 31 heavy (non-hydrogen) atoms. The number of Topliss-reactive ketones (excluding diaryl/α,β-unsaturated/α-hetero) is 1. The van der Waals surface area contributed by atoms with E-state index in [2.05, 4.69) is 5.10 Å². The summed E-state index contributed by atoms with van der Waals surface area (Å²) in [6, 6.07) is 9.01. The van der Waals surface area contributed by atoms with Crippen LogP contribution in [0.25, 0.3) is 16.8 Å². The molecule has 2 heterocycles. The van der Waals surface area contributed by atoms with Gasteiger partial charge in [-0.15, -0.1) is 0 Å². The number of aromatic hydroxyl groups is 1. The van der Waals surface area contributed by atoms with Crippen LogP contribution < -0.4 is 5.43 Å². The molecule has 0 amide bonds. The minimum atomic E-state index is -0.849. The molecule has 6 nitrogen and oxygen atoms in total. The van der Waals surface area contributed by atoms with E-state index in [0.29, 0.717) is 16.8 Å². The smallest absolute Gasteiger partial charge is 0.200 e. The molecule has 0 saturated heterocycles. The first-order chi connectivity index (χ1) is 14.8. The first-order valence-corrected chi connectivity index (χ1v) is 9.33. The average molecular weight is 421 g/mol. The number of ketones is 1. The number of phenols is 1. The lowest BCUT2D eigenvalue weighted by Gasteiger charge is -2.11. The summed E-state index contributed by atoms with van der Waals surface area (Å²) in [6.45, 7) is 0. The Balaban J connectivity index is 1.82. The Morgan fingerprint density at radius 2 is 1.81 bits per heavy atom. The van der Waals surface area contributed by atoms with E-state index >= 15 is 0 Å². The Hall–Kier alpha value is -4.07. The number of hydrogen-bond acceptors (Lipinski definition) is 4. The topological polar surface area (TPSA) is 77.1 Å². The first kappa shape index (κ1) is 20.2. The molecular weight excluding hydrogens is 404 g/mol. The summed E-state index contributed by atoms with van der Waals surface area (Å²) < 4.78 is 30.2. The molecule has 0 aliphatic heterocycles. The van der Waals surface area contributed by atoms with Crippen LogP contribution in [0.3, 0.4) is 0 Å². The predicted octanol–water partition coefficient (Wildman–Crippen LogP) is 3.65. The standard InChI is InChI=1S/C23H17F2N3O3/c1-27-11-17(10-26-27)28-12-18(15-3-5-16(24)6-4-15)23(31)19(13-28)22(30)9-14-2-7-21(29)20(25)8-14/h2-8,10-13,29H,9H2,1H3. The van der Waals surface area contributed by atoms with E-state index in [0.717, 1.165) is 12.1 Å². The molecule has 0 radical (unpaired) electrons. The van der Waals surface area contributed by atoms with Crippen molar-refractivity contribution in [2.24, 2.45) is 7.05 Å². The van der Waals surface area contributed by atoms with Crippen molar-refractivity contribution in [1.82, 2.24) is 14.3 Å². The monoisotopic (exact) mass is 421 g/mol. The summed E-state index contributed by atoms with van der Waals surface area (Å²) in [4.78, 5) is 26.1. The molecule has 0 spiro atoms. The van der Waals surface area contributed by atoms with E-state index in [-0.39, 0.29) is 17.5 Å². The lowest BCUT2D eigenvalue weighted by molar-refractivity contribution is 0.0991. The molecule has 0 atom stereocenters. The van der Waals surface area contributed by atoms with E-state index < -0.39 is 28.6 Å². The van der Waals surface area contributed by atoms with E-state index in [1.165, 1.54) is 36.5 Å². The number of aromatic nitrogens is 3. The zero-order valence-electron chi connectivity index (χ0n) is 16.4. The molecule has 0 unspecified atom stereocenters. The molecule has 0 bridgehead atoms. The summed E-state index contributed by atoms with van der Waals surface area (Å²) in [6.07, 6.45) is 6.02. The number of pyridine rings is 1. The van der Waals surface area contributed by atoms with Crippen molar-refractivity contribution in [1.29, 1.82) is 0 Å². The van der Waals surface area contributed by atoms with Gasteiger partial charge in [0.1, 0.15) is 5.82 Å². The predicted molar refractivity (Wildman–Crippen MR) is 110 cm³/mol. The minimum Gasteiger partial charge on any atom is -0.505 e. The van der Waals surface area contributed by atoms with Crippen LogP contribution in [-0.4, -0.2) is 25.2 Å². The highest BCUT2D eigenvalue weighted by Gasteiger charge is 2.18. The third kappa shape index (κ3) is 4.13. The third-order valence-corrected chi connectivity index (χ3v) is 4.85. The number of nitrogens with zero attached hydrogens (tertiary/aromatic N) is 3. The van der Waals surface area contributed by atoms with Gasteiger partial charge in [0.05, 0.1) is 17.4 Å². The van der Waals surface area contributed by atoms with Gasteiger partial charge in [-0.05, 0) is 35.4 Å². The number of rotatable bonds is 5. The number of aryl methyl sites for hydroxylation is 1. The Kier molecular flexibility index (Phi) is 5.21. The maximum atomic E-state index is 13.7. The second-order valence-electron chi connectivity index (χ2n) is 7.09. The lowest BCUT2D eigenvalue weighted by Crippen LogP contribution is -2.21. The van der Waals surface area contributed by atoms with Gasteiger partial charge in [0.2, 0.25) is 0 Å². The van der Waals surface area contributed by atoms with Crippen LogP contribution >= 0.6 is 0 Å². The van der Waals surface area contributed by atoms with Gasteiger partial charge < -0.3 is 9.67 Å². The molecule has 156 valence electrons. The van der Waals surface area contributed by atoms with Gasteiger partial charge in [-0.25, -0.2) is 8.78 Å². The maximum absolute atomic E-state index is 13.7. The van der Waals surface area contributed by atoms with Gasteiger partial charge in [0.15, 0.2) is 22.8 Å². The molecule has 2 aromatic carbocycles. The molecule has 0 aliphatic rings. The highest BCUT2D eigenvalue weighted by Crippen LogP contribution is 2.21. The Morgan fingerprint density at radius 1 is 1.06 bits per heavy atom. The Morgan fingerprint density at radius 3 is 2.45 bits per heavy atom. The molecule has 1 N–H and O–H groups in total. The zero-order chi connectivity index (χ0) is 22.1. The second-order valence-corrected chi connectivity index (χ2v) is 7.09. The van der Waals surface area contributed by atoms with Crippen molar-refractivity contribution in [3.63, 3.8) is 0 Å². The number of hydrogen-bond donors (Lipinski definition) is 1. The van der Waals surface area contributed by atoms with Gasteiger partial charge in [-0.1, -0.05) is 18.2 Å². The summed E-state index contributed by atoms with van der Waals surface area (Å²) in [7, 11) is 1.73. The van der Waals surface area contributed by atoms with Gasteiger partial charge >= 0.3 is 0 Å². The van der Waals surface area contributed by atoms with Crippen LogP contribution in [0.1, 0.15) is 15.9 Å². The van der Waals surface area contributed by atoms with Crippen LogP contribution in [0.15, 0.2) is 72.0 Å². The molecule has 4 aromatic rings. The molecule has 0 saturated carbocycles. The van der Waals surface area contributed by atoms with Crippen LogP contribution in [0.4, 0.5) is 8.78 Å². The molecule has 2 aromatic heterocycles. The second kappa shape index (κ2) is 7.98. The van der Waals surface area contributed by atoms with Crippen LogP contribution in [0.2, 0.25) is 0 Å². The molecule has 4 rings (SSSR count). The van der Waals surface area contributed by atoms with Crippen molar-refractivity contribution in [2.45, 2.75) is 6.42 Å². The van der Waals surface area contributed by atoms with Crippen LogP contribution in [0.5, 0.6) is 5.75 Å².